The van der Waals surface area contributed by atoms with E-state index in [0.29, 0.717) is 5.92 Å². The molecule has 0 nitrogen and oxygen atoms in total. The van der Waals surface area contributed by atoms with Crippen molar-refractivity contribution in [1.82, 2.24) is 0 Å². The lowest BCUT2D eigenvalue weighted by Crippen LogP contribution is -1.96. The Morgan fingerprint density at radius 1 is 1.08 bits per heavy atom. The van der Waals surface area contributed by atoms with Gasteiger partial charge in [0.05, 0.1) is 0 Å². The van der Waals surface area contributed by atoms with E-state index in [0.717, 1.165) is 25.7 Å². The molecule has 0 heteroatoms. The van der Waals surface area contributed by atoms with E-state index in [1.807, 2.05) is 12.2 Å². The highest BCUT2D eigenvalue weighted by molar-refractivity contribution is 4.93. The molecule has 0 amide bonds. The Bertz CT molecular complexity index is 157. The Morgan fingerprint density at radius 3 is 1.85 bits per heavy atom. The van der Waals surface area contributed by atoms with Crippen LogP contribution in [0.3, 0.4) is 0 Å². The maximum Gasteiger partial charge on any atom is 0.0200 e. The zero-order chi connectivity index (χ0) is 9.94. The summed E-state index contributed by atoms with van der Waals surface area (Å²) in [5.74, 6) is 3.31. The number of rotatable bonds is 8. The fourth-order valence-electron chi connectivity index (χ4n) is 1.33. The van der Waals surface area contributed by atoms with Gasteiger partial charge in [-0.25, -0.2) is 0 Å². The molecule has 0 aromatic rings. The molecule has 0 radical (unpaired) electrons. The minimum absolute atomic E-state index is 0.458. The molecule has 0 aliphatic carbocycles. The lowest BCUT2D eigenvalue weighted by atomic mass is 9.97. The van der Waals surface area contributed by atoms with Gasteiger partial charge in [-0.3, -0.25) is 0 Å². The summed E-state index contributed by atoms with van der Waals surface area (Å²) in [6.07, 6.45) is 16.1. The Hall–Kier alpha value is -0.960. The van der Waals surface area contributed by atoms with E-state index >= 15 is 0 Å². The molecule has 0 heterocycles. The minimum atomic E-state index is 0.458. The highest BCUT2D eigenvalue weighted by Gasteiger charge is 2.02. The third kappa shape index (κ3) is 7.40. The van der Waals surface area contributed by atoms with Gasteiger partial charge in [0.15, 0.2) is 0 Å². The molecule has 0 saturated heterocycles. The van der Waals surface area contributed by atoms with Crippen LogP contribution >= 0.6 is 0 Å². The second-order valence-corrected chi connectivity index (χ2v) is 3.30. The summed E-state index contributed by atoms with van der Waals surface area (Å²) in [6, 6.07) is 0. The molecule has 0 aromatic carbocycles. The van der Waals surface area contributed by atoms with Gasteiger partial charge in [0.1, 0.15) is 0 Å². The van der Waals surface area contributed by atoms with Crippen molar-refractivity contribution in [1.29, 1.82) is 0 Å². The Balaban J connectivity index is 3.46. The van der Waals surface area contributed by atoms with Gasteiger partial charge in [0.25, 0.3) is 0 Å². The van der Waals surface area contributed by atoms with E-state index in [1.165, 1.54) is 12.8 Å². The third-order valence-corrected chi connectivity index (χ3v) is 2.16. The van der Waals surface area contributed by atoms with Crippen LogP contribution in [0, 0.1) is 18.3 Å². The number of unbranched alkanes of at least 4 members (excludes halogenated alkanes) is 2. The van der Waals surface area contributed by atoms with Gasteiger partial charge >= 0.3 is 0 Å². The first-order valence-electron chi connectivity index (χ1n) is 5.03. The smallest absolute Gasteiger partial charge is 0.0200 e. The second-order valence-electron chi connectivity index (χ2n) is 3.30. The SMILES string of the molecule is C#CC(CCCC=C)CCCC=C. The summed E-state index contributed by atoms with van der Waals surface area (Å²) in [6.45, 7) is 7.39. The topological polar surface area (TPSA) is 0 Å². The molecule has 72 valence electrons. The van der Waals surface area contributed by atoms with Crippen LogP contribution in [0.2, 0.25) is 0 Å². The van der Waals surface area contributed by atoms with Crippen molar-refractivity contribution < 1.29 is 0 Å². The quantitative estimate of drug-likeness (QED) is 0.298. The minimum Gasteiger partial charge on any atom is -0.120 e. The van der Waals surface area contributed by atoms with E-state index in [4.69, 9.17) is 6.42 Å². The molecule has 0 aliphatic heterocycles. The summed E-state index contributed by atoms with van der Waals surface area (Å²) in [5, 5.41) is 0. The van der Waals surface area contributed by atoms with E-state index in [9.17, 15) is 0 Å². The highest BCUT2D eigenvalue weighted by atomic mass is 14.1. The summed E-state index contributed by atoms with van der Waals surface area (Å²) in [7, 11) is 0. The summed E-state index contributed by atoms with van der Waals surface area (Å²) < 4.78 is 0. The fraction of sp³-hybridized carbons (Fsp3) is 0.538. The van der Waals surface area contributed by atoms with Crippen molar-refractivity contribution >= 4 is 0 Å². The molecule has 0 rings (SSSR count). The Kier molecular flexibility index (Phi) is 8.46. The van der Waals surface area contributed by atoms with Crippen LogP contribution in [0.25, 0.3) is 0 Å². The molecule has 0 spiro atoms. The zero-order valence-corrected chi connectivity index (χ0v) is 8.47. The largest absolute Gasteiger partial charge is 0.120 e. The van der Waals surface area contributed by atoms with Crippen molar-refractivity contribution in [2.75, 3.05) is 0 Å². The van der Waals surface area contributed by atoms with Crippen LogP contribution in [0.5, 0.6) is 0 Å². The first-order valence-corrected chi connectivity index (χ1v) is 5.03. The zero-order valence-electron chi connectivity index (χ0n) is 8.47. The van der Waals surface area contributed by atoms with E-state index in [1.54, 1.807) is 0 Å². The lowest BCUT2D eigenvalue weighted by molar-refractivity contribution is 0.524. The fourth-order valence-corrected chi connectivity index (χ4v) is 1.33. The summed E-state index contributed by atoms with van der Waals surface area (Å²) in [5.41, 5.74) is 0. The van der Waals surface area contributed by atoms with Crippen LogP contribution in [-0.4, -0.2) is 0 Å². The monoisotopic (exact) mass is 176 g/mol. The van der Waals surface area contributed by atoms with Crippen molar-refractivity contribution in [2.45, 2.75) is 38.5 Å². The van der Waals surface area contributed by atoms with Gasteiger partial charge < -0.3 is 0 Å². The first-order chi connectivity index (χ1) is 6.35. The predicted molar refractivity (Wildman–Crippen MR) is 60.4 cm³/mol. The first kappa shape index (κ1) is 12.0. The second kappa shape index (κ2) is 9.13. The number of allylic oxidation sites excluding steroid dienone is 2. The van der Waals surface area contributed by atoms with Gasteiger partial charge in [-0.1, -0.05) is 12.2 Å². The van der Waals surface area contributed by atoms with Gasteiger partial charge in [-0.05, 0) is 38.5 Å². The molecule has 0 aliphatic rings. The maximum atomic E-state index is 5.44. The van der Waals surface area contributed by atoms with E-state index in [2.05, 4.69) is 19.1 Å². The van der Waals surface area contributed by atoms with Gasteiger partial charge in [0, 0.05) is 5.92 Å². The van der Waals surface area contributed by atoms with Crippen molar-refractivity contribution in [3.05, 3.63) is 25.3 Å². The maximum absolute atomic E-state index is 5.44. The molecule has 0 unspecified atom stereocenters. The standard InChI is InChI=1S/C13H20/c1-4-7-9-11-13(6-3)12-10-8-5-2/h3-5,13H,1-2,7-12H2. The molecular weight excluding hydrogens is 156 g/mol. The van der Waals surface area contributed by atoms with Crippen LogP contribution in [0.4, 0.5) is 0 Å². The molecule has 0 atom stereocenters. The summed E-state index contributed by atoms with van der Waals surface area (Å²) in [4.78, 5) is 0. The molecular formula is C13H20. The Morgan fingerprint density at radius 2 is 1.54 bits per heavy atom. The summed E-state index contributed by atoms with van der Waals surface area (Å²) >= 11 is 0. The van der Waals surface area contributed by atoms with Crippen LogP contribution in [0.15, 0.2) is 25.3 Å². The predicted octanol–water partition coefficient (Wildman–Crippen LogP) is 3.95. The van der Waals surface area contributed by atoms with Gasteiger partial charge in [0.2, 0.25) is 0 Å². The normalized spacial score (nSPS) is 9.54. The van der Waals surface area contributed by atoms with Crippen molar-refractivity contribution in [3.63, 3.8) is 0 Å². The van der Waals surface area contributed by atoms with E-state index in [-0.39, 0.29) is 0 Å². The van der Waals surface area contributed by atoms with Gasteiger partial charge in [-0.15, -0.1) is 25.5 Å². The molecule has 0 aromatic heterocycles. The molecule has 0 fully saturated rings. The molecule has 0 saturated carbocycles. The average molecular weight is 176 g/mol. The van der Waals surface area contributed by atoms with Crippen molar-refractivity contribution in [2.24, 2.45) is 5.92 Å². The van der Waals surface area contributed by atoms with Crippen LogP contribution < -0.4 is 0 Å². The third-order valence-electron chi connectivity index (χ3n) is 2.16. The Labute approximate surface area is 82.7 Å². The molecule has 0 N–H and O–H groups in total. The van der Waals surface area contributed by atoms with Crippen molar-refractivity contribution in [3.8, 4) is 12.3 Å². The number of terminal acetylenes is 1. The molecule has 13 heavy (non-hydrogen) atoms. The number of hydrogen-bond acceptors (Lipinski definition) is 0. The van der Waals surface area contributed by atoms with E-state index < -0.39 is 0 Å². The van der Waals surface area contributed by atoms with Gasteiger partial charge in [-0.2, -0.15) is 0 Å². The van der Waals surface area contributed by atoms with Crippen LogP contribution in [0.1, 0.15) is 38.5 Å². The average Bonchev–Trinajstić information content (AvgIpc) is 2.16. The highest BCUT2D eigenvalue weighted by Crippen LogP contribution is 2.15. The molecule has 0 bridgehead atoms. The number of hydrogen-bond donors (Lipinski definition) is 0. The van der Waals surface area contributed by atoms with Crippen LogP contribution in [-0.2, 0) is 0 Å². The lowest BCUT2D eigenvalue weighted by Gasteiger charge is -2.08.